The second-order valence-corrected chi connectivity index (χ2v) is 9.32. The molecule has 1 aromatic carbocycles. The molecule has 0 atom stereocenters. The van der Waals surface area contributed by atoms with Gasteiger partial charge in [-0.1, -0.05) is 0 Å². The summed E-state index contributed by atoms with van der Waals surface area (Å²) < 4.78 is 47.3. The molecule has 2 aromatic rings. The van der Waals surface area contributed by atoms with E-state index in [-0.39, 0.29) is 22.1 Å². The molecule has 2 N–H and O–H groups in total. The molecular formula is C18H22FN5O3S. The van der Waals surface area contributed by atoms with Gasteiger partial charge in [-0.25, -0.2) is 27.5 Å². The molecule has 0 bridgehead atoms. The number of ether oxygens (including phenoxy) is 1. The minimum atomic E-state index is -3.95. The summed E-state index contributed by atoms with van der Waals surface area (Å²) in [7, 11) is -3.95. The first-order valence-corrected chi connectivity index (χ1v) is 10.5. The van der Waals surface area contributed by atoms with Crippen LogP contribution in [0.15, 0.2) is 35.6 Å². The standard InChI is InChI=1S/C18H22FN5O3S/c1-12(2)23-28(25,26)16-5-13(19)3-4-14(16)27-15-6-20-11-22-17(15)24-9-18(10-24)7-21-8-18/h3-6,11-12,21,23H,7-10H2,1-2H3. The maximum Gasteiger partial charge on any atom is 0.244 e. The second-order valence-electron chi connectivity index (χ2n) is 7.64. The summed E-state index contributed by atoms with van der Waals surface area (Å²) in [5.41, 5.74) is 0.285. The van der Waals surface area contributed by atoms with Crippen LogP contribution in [0.2, 0.25) is 0 Å². The Balaban J connectivity index is 1.64. The van der Waals surface area contributed by atoms with Gasteiger partial charge < -0.3 is 15.0 Å². The molecule has 0 saturated carbocycles. The number of rotatable bonds is 6. The van der Waals surface area contributed by atoms with E-state index in [4.69, 9.17) is 4.74 Å². The van der Waals surface area contributed by atoms with Crippen LogP contribution in [-0.4, -0.2) is 50.6 Å². The normalized spacial score (nSPS) is 18.1. The fourth-order valence-corrected chi connectivity index (χ4v) is 4.89. The molecule has 1 spiro atoms. The van der Waals surface area contributed by atoms with Crippen LogP contribution >= 0.6 is 0 Å². The Hall–Kier alpha value is -2.30. The smallest absolute Gasteiger partial charge is 0.244 e. The Kier molecular flexibility index (Phi) is 4.72. The summed E-state index contributed by atoms with van der Waals surface area (Å²) in [6, 6.07) is 3.06. The van der Waals surface area contributed by atoms with Crippen LogP contribution in [0.3, 0.4) is 0 Å². The molecule has 28 heavy (non-hydrogen) atoms. The Morgan fingerprint density at radius 2 is 2.04 bits per heavy atom. The van der Waals surface area contributed by atoms with E-state index >= 15 is 0 Å². The summed E-state index contributed by atoms with van der Waals surface area (Å²) >= 11 is 0. The van der Waals surface area contributed by atoms with Crippen LogP contribution in [0.5, 0.6) is 11.5 Å². The van der Waals surface area contributed by atoms with E-state index in [1.165, 1.54) is 18.6 Å². The van der Waals surface area contributed by atoms with Crippen molar-refractivity contribution in [1.82, 2.24) is 20.0 Å². The lowest BCUT2D eigenvalue weighted by Gasteiger charge is -2.56. The van der Waals surface area contributed by atoms with Crippen LogP contribution in [0.1, 0.15) is 13.8 Å². The van der Waals surface area contributed by atoms with E-state index in [1.807, 2.05) is 0 Å². The van der Waals surface area contributed by atoms with E-state index in [0.717, 1.165) is 38.3 Å². The highest BCUT2D eigenvalue weighted by Gasteiger charge is 2.48. The first-order chi connectivity index (χ1) is 13.3. The Morgan fingerprint density at radius 3 is 2.68 bits per heavy atom. The molecule has 4 rings (SSSR count). The minimum Gasteiger partial charge on any atom is -0.450 e. The van der Waals surface area contributed by atoms with Gasteiger partial charge in [0.25, 0.3) is 0 Å². The Labute approximate surface area is 163 Å². The van der Waals surface area contributed by atoms with E-state index < -0.39 is 15.8 Å². The van der Waals surface area contributed by atoms with Gasteiger partial charge in [-0.2, -0.15) is 0 Å². The molecule has 0 amide bonds. The molecule has 1 aromatic heterocycles. The van der Waals surface area contributed by atoms with Gasteiger partial charge in [-0.15, -0.1) is 0 Å². The van der Waals surface area contributed by atoms with Crippen molar-refractivity contribution in [3.8, 4) is 11.5 Å². The van der Waals surface area contributed by atoms with Crippen LogP contribution in [0.25, 0.3) is 0 Å². The number of hydrogen-bond donors (Lipinski definition) is 2. The quantitative estimate of drug-likeness (QED) is 0.749. The maximum atomic E-state index is 13.8. The average Bonchev–Trinajstić information content (AvgIpc) is 2.54. The lowest BCUT2D eigenvalue weighted by Crippen LogP contribution is -2.71. The van der Waals surface area contributed by atoms with Gasteiger partial charge in [0.15, 0.2) is 11.6 Å². The lowest BCUT2D eigenvalue weighted by molar-refractivity contribution is 0.120. The summed E-state index contributed by atoms with van der Waals surface area (Å²) in [5.74, 6) is 0.281. The molecule has 2 aliphatic heterocycles. The third kappa shape index (κ3) is 3.54. The average molecular weight is 407 g/mol. The van der Waals surface area contributed by atoms with Gasteiger partial charge in [0.1, 0.15) is 22.8 Å². The van der Waals surface area contributed by atoms with Crippen molar-refractivity contribution < 1.29 is 17.5 Å². The third-order valence-corrected chi connectivity index (χ3v) is 6.50. The molecule has 8 nitrogen and oxygen atoms in total. The molecule has 0 unspecified atom stereocenters. The highest BCUT2D eigenvalue weighted by atomic mass is 32.2. The maximum absolute atomic E-state index is 13.8. The number of sulfonamides is 1. The molecule has 2 aliphatic rings. The van der Waals surface area contributed by atoms with Crippen LogP contribution in [-0.2, 0) is 10.0 Å². The monoisotopic (exact) mass is 407 g/mol. The zero-order chi connectivity index (χ0) is 19.9. The first-order valence-electron chi connectivity index (χ1n) is 9.03. The van der Waals surface area contributed by atoms with Crippen molar-refractivity contribution in [2.24, 2.45) is 5.41 Å². The Morgan fingerprint density at radius 1 is 1.29 bits per heavy atom. The second kappa shape index (κ2) is 6.94. The fraction of sp³-hybridized carbons (Fsp3) is 0.444. The lowest BCUT2D eigenvalue weighted by atomic mass is 9.74. The molecule has 150 valence electrons. The number of halogens is 1. The van der Waals surface area contributed by atoms with E-state index in [9.17, 15) is 12.8 Å². The van der Waals surface area contributed by atoms with Gasteiger partial charge in [-0.3, -0.25) is 0 Å². The van der Waals surface area contributed by atoms with Crippen molar-refractivity contribution in [3.63, 3.8) is 0 Å². The topological polar surface area (TPSA) is 96.5 Å². The molecular weight excluding hydrogens is 385 g/mol. The van der Waals surface area contributed by atoms with Gasteiger partial charge in [0, 0.05) is 37.6 Å². The summed E-state index contributed by atoms with van der Waals surface area (Å²) in [5, 5.41) is 3.28. The van der Waals surface area contributed by atoms with Gasteiger partial charge in [-0.05, 0) is 32.0 Å². The van der Waals surface area contributed by atoms with Gasteiger partial charge >= 0.3 is 0 Å². The first kappa shape index (κ1) is 19.0. The van der Waals surface area contributed by atoms with Crippen molar-refractivity contribution in [2.75, 3.05) is 31.1 Å². The minimum absolute atomic E-state index is 0.0196. The van der Waals surface area contributed by atoms with Crippen molar-refractivity contribution >= 4 is 15.8 Å². The largest absolute Gasteiger partial charge is 0.450 e. The highest BCUT2D eigenvalue weighted by molar-refractivity contribution is 7.89. The van der Waals surface area contributed by atoms with Crippen molar-refractivity contribution in [2.45, 2.75) is 24.8 Å². The number of hydrogen-bond acceptors (Lipinski definition) is 7. The summed E-state index contributed by atoms with van der Waals surface area (Å²) in [6.45, 7) is 7.02. The summed E-state index contributed by atoms with van der Waals surface area (Å²) in [4.78, 5) is 10.1. The third-order valence-electron chi connectivity index (χ3n) is 4.82. The molecule has 10 heteroatoms. The van der Waals surface area contributed by atoms with E-state index in [0.29, 0.717) is 11.6 Å². The van der Waals surface area contributed by atoms with Gasteiger partial charge in [0.2, 0.25) is 10.0 Å². The number of anilines is 1. The van der Waals surface area contributed by atoms with Crippen molar-refractivity contribution in [1.29, 1.82) is 0 Å². The zero-order valence-electron chi connectivity index (χ0n) is 15.6. The fourth-order valence-electron chi connectivity index (χ4n) is 3.50. The number of aromatic nitrogens is 2. The number of nitrogens with one attached hydrogen (secondary N) is 2. The highest BCUT2D eigenvalue weighted by Crippen LogP contribution is 2.41. The van der Waals surface area contributed by atoms with Crippen LogP contribution in [0, 0.1) is 11.2 Å². The van der Waals surface area contributed by atoms with E-state index in [2.05, 4.69) is 24.9 Å². The zero-order valence-corrected chi connectivity index (χ0v) is 16.5. The predicted octanol–water partition coefficient (Wildman–Crippen LogP) is 1.50. The van der Waals surface area contributed by atoms with E-state index in [1.54, 1.807) is 13.8 Å². The molecule has 0 aliphatic carbocycles. The molecule has 0 radical (unpaired) electrons. The predicted molar refractivity (Wildman–Crippen MR) is 101 cm³/mol. The van der Waals surface area contributed by atoms with Crippen LogP contribution in [0.4, 0.5) is 10.2 Å². The molecule has 3 heterocycles. The summed E-state index contributed by atoms with van der Waals surface area (Å²) in [6.07, 6.45) is 2.91. The SMILES string of the molecule is CC(C)NS(=O)(=O)c1cc(F)ccc1Oc1cncnc1N1CC2(CNC2)C1. The van der Waals surface area contributed by atoms with Crippen molar-refractivity contribution in [3.05, 3.63) is 36.5 Å². The molecule has 2 fully saturated rings. The van der Waals surface area contributed by atoms with Crippen LogP contribution < -0.4 is 19.7 Å². The number of benzene rings is 1. The number of nitrogens with zero attached hydrogens (tertiary/aromatic N) is 3. The Bertz CT molecular complexity index is 986. The van der Waals surface area contributed by atoms with Gasteiger partial charge in [0.05, 0.1) is 6.20 Å². The molecule has 2 saturated heterocycles.